The number of nitrogens with one attached hydrogen (secondary N) is 1. The predicted octanol–water partition coefficient (Wildman–Crippen LogP) is 3.17. The standard InChI is InChI=1S/C14H19N3S/c1-11-14(18-10-16-11)8-9-15-12-6-4-5-7-13(12)17(2)3/h4-7,10,15H,8-9H2,1-3H3. The molecule has 0 bridgehead atoms. The quantitative estimate of drug-likeness (QED) is 0.896. The van der Waals surface area contributed by atoms with Gasteiger partial charge in [-0.3, -0.25) is 0 Å². The number of hydrogen-bond acceptors (Lipinski definition) is 4. The fourth-order valence-electron chi connectivity index (χ4n) is 1.89. The van der Waals surface area contributed by atoms with Crippen molar-refractivity contribution in [3.63, 3.8) is 0 Å². The molecule has 1 aromatic heterocycles. The molecule has 0 unspecified atom stereocenters. The van der Waals surface area contributed by atoms with Crippen LogP contribution in [0.2, 0.25) is 0 Å². The molecule has 0 aliphatic rings. The predicted molar refractivity (Wildman–Crippen MR) is 79.8 cm³/mol. The molecule has 0 aliphatic carbocycles. The normalized spacial score (nSPS) is 10.4. The number of anilines is 2. The van der Waals surface area contributed by atoms with Gasteiger partial charge in [-0.1, -0.05) is 12.1 Å². The van der Waals surface area contributed by atoms with Gasteiger partial charge in [0.25, 0.3) is 0 Å². The zero-order valence-corrected chi connectivity index (χ0v) is 11.9. The summed E-state index contributed by atoms with van der Waals surface area (Å²) < 4.78 is 0. The monoisotopic (exact) mass is 261 g/mol. The third-order valence-corrected chi connectivity index (χ3v) is 3.89. The highest BCUT2D eigenvalue weighted by Gasteiger charge is 2.04. The Morgan fingerprint density at radius 2 is 2.06 bits per heavy atom. The van der Waals surface area contributed by atoms with Gasteiger partial charge in [-0.05, 0) is 19.1 Å². The lowest BCUT2D eigenvalue weighted by Gasteiger charge is -2.18. The van der Waals surface area contributed by atoms with Gasteiger partial charge in [0.05, 0.1) is 22.6 Å². The van der Waals surface area contributed by atoms with Gasteiger partial charge in [0.15, 0.2) is 0 Å². The molecular formula is C14H19N3S. The van der Waals surface area contributed by atoms with Crippen LogP contribution in [0.15, 0.2) is 29.8 Å². The summed E-state index contributed by atoms with van der Waals surface area (Å²) >= 11 is 1.73. The van der Waals surface area contributed by atoms with E-state index in [9.17, 15) is 0 Å². The third-order valence-electron chi connectivity index (χ3n) is 2.90. The molecule has 0 atom stereocenters. The smallest absolute Gasteiger partial charge is 0.0797 e. The third kappa shape index (κ3) is 3.01. The second kappa shape index (κ2) is 5.87. The van der Waals surface area contributed by atoms with Crippen molar-refractivity contribution in [2.24, 2.45) is 0 Å². The molecule has 0 saturated heterocycles. The van der Waals surface area contributed by atoms with Gasteiger partial charge in [0, 0.05) is 31.9 Å². The van der Waals surface area contributed by atoms with Gasteiger partial charge in [-0.2, -0.15) is 0 Å². The first-order chi connectivity index (χ1) is 8.68. The van der Waals surface area contributed by atoms with Gasteiger partial charge in [0.2, 0.25) is 0 Å². The van der Waals surface area contributed by atoms with E-state index in [1.165, 1.54) is 16.3 Å². The van der Waals surface area contributed by atoms with Crippen LogP contribution in [-0.4, -0.2) is 25.6 Å². The highest BCUT2D eigenvalue weighted by Crippen LogP contribution is 2.23. The maximum atomic E-state index is 4.27. The molecular weight excluding hydrogens is 242 g/mol. The minimum absolute atomic E-state index is 0.938. The Balaban J connectivity index is 1.96. The average molecular weight is 261 g/mol. The molecule has 0 fully saturated rings. The van der Waals surface area contributed by atoms with Crippen molar-refractivity contribution in [2.75, 3.05) is 30.9 Å². The van der Waals surface area contributed by atoms with E-state index in [1.807, 2.05) is 5.51 Å². The zero-order chi connectivity index (χ0) is 13.0. The molecule has 18 heavy (non-hydrogen) atoms. The first-order valence-corrected chi connectivity index (χ1v) is 6.95. The van der Waals surface area contributed by atoms with Crippen LogP contribution >= 0.6 is 11.3 Å². The Hall–Kier alpha value is -1.55. The molecule has 0 amide bonds. The number of para-hydroxylation sites is 2. The topological polar surface area (TPSA) is 28.2 Å². The Labute approximate surface area is 112 Å². The second-order valence-corrected chi connectivity index (χ2v) is 5.39. The number of aromatic nitrogens is 1. The van der Waals surface area contributed by atoms with E-state index in [1.54, 1.807) is 11.3 Å². The Morgan fingerprint density at radius 3 is 2.72 bits per heavy atom. The maximum Gasteiger partial charge on any atom is 0.0797 e. The first kappa shape index (κ1) is 12.9. The molecule has 2 aromatic rings. The molecule has 0 aliphatic heterocycles. The van der Waals surface area contributed by atoms with Crippen molar-refractivity contribution in [1.29, 1.82) is 0 Å². The molecule has 1 aromatic carbocycles. The first-order valence-electron chi connectivity index (χ1n) is 6.07. The number of aryl methyl sites for hydroxylation is 1. The van der Waals surface area contributed by atoms with Crippen molar-refractivity contribution in [2.45, 2.75) is 13.3 Å². The Bertz CT molecular complexity index is 505. The van der Waals surface area contributed by atoms with E-state index in [4.69, 9.17) is 0 Å². The number of rotatable bonds is 5. The fraction of sp³-hybridized carbons (Fsp3) is 0.357. The van der Waals surface area contributed by atoms with E-state index in [0.717, 1.165) is 18.7 Å². The summed E-state index contributed by atoms with van der Waals surface area (Å²) in [5, 5.41) is 3.50. The number of thiazole rings is 1. The number of benzene rings is 1. The van der Waals surface area contributed by atoms with Crippen LogP contribution in [0, 0.1) is 6.92 Å². The van der Waals surface area contributed by atoms with Gasteiger partial charge in [-0.25, -0.2) is 4.98 Å². The molecule has 0 spiro atoms. The van der Waals surface area contributed by atoms with E-state index in [2.05, 4.69) is 60.5 Å². The molecule has 4 heteroatoms. The van der Waals surface area contributed by atoms with Crippen molar-refractivity contribution < 1.29 is 0 Å². The van der Waals surface area contributed by atoms with Gasteiger partial charge in [-0.15, -0.1) is 11.3 Å². The SMILES string of the molecule is Cc1ncsc1CCNc1ccccc1N(C)C. The van der Waals surface area contributed by atoms with Crippen LogP contribution in [-0.2, 0) is 6.42 Å². The van der Waals surface area contributed by atoms with Crippen molar-refractivity contribution in [3.8, 4) is 0 Å². The van der Waals surface area contributed by atoms with Gasteiger partial charge in [0.1, 0.15) is 0 Å². The van der Waals surface area contributed by atoms with E-state index >= 15 is 0 Å². The lowest BCUT2D eigenvalue weighted by atomic mass is 10.2. The van der Waals surface area contributed by atoms with E-state index < -0.39 is 0 Å². The molecule has 96 valence electrons. The molecule has 1 N–H and O–H groups in total. The van der Waals surface area contributed by atoms with Crippen LogP contribution in [0.25, 0.3) is 0 Å². The second-order valence-electron chi connectivity index (χ2n) is 4.45. The fourth-order valence-corrected chi connectivity index (χ4v) is 2.67. The van der Waals surface area contributed by atoms with Crippen molar-refractivity contribution in [3.05, 3.63) is 40.3 Å². The van der Waals surface area contributed by atoms with E-state index in [-0.39, 0.29) is 0 Å². The summed E-state index contributed by atoms with van der Waals surface area (Å²) in [5.41, 5.74) is 5.48. The van der Waals surface area contributed by atoms with Crippen molar-refractivity contribution >= 4 is 22.7 Å². The van der Waals surface area contributed by atoms with E-state index in [0.29, 0.717) is 0 Å². The summed E-state index contributed by atoms with van der Waals surface area (Å²) in [4.78, 5) is 7.76. The lowest BCUT2D eigenvalue weighted by Crippen LogP contribution is -2.13. The average Bonchev–Trinajstić information content (AvgIpc) is 2.76. The van der Waals surface area contributed by atoms with Crippen LogP contribution < -0.4 is 10.2 Å². The Kier molecular flexibility index (Phi) is 4.20. The molecule has 0 radical (unpaired) electrons. The minimum atomic E-state index is 0.938. The van der Waals surface area contributed by atoms with Crippen LogP contribution in [0.3, 0.4) is 0 Å². The highest BCUT2D eigenvalue weighted by atomic mass is 32.1. The summed E-state index contributed by atoms with van der Waals surface area (Å²) in [5.74, 6) is 0. The summed E-state index contributed by atoms with van der Waals surface area (Å²) in [7, 11) is 4.13. The number of hydrogen-bond donors (Lipinski definition) is 1. The minimum Gasteiger partial charge on any atom is -0.383 e. The molecule has 1 heterocycles. The molecule has 0 saturated carbocycles. The van der Waals surface area contributed by atoms with Crippen LogP contribution in [0.5, 0.6) is 0 Å². The summed E-state index contributed by atoms with van der Waals surface area (Å²) in [6.07, 6.45) is 1.03. The molecule has 3 nitrogen and oxygen atoms in total. The highest BCUT2D eigenvalue weighted by molar-refractivity contribution is 7.09. The molecule has 2 rings (SSSR count). The zero-order valence-electron chi connectivity index (χ0n) is 11.1. The van der Waals surface area contributed by atoms with Crippen LogP contribution in [0.1, 0.15) is 10.6 Å². The van der Waals surface area contributed by atoms with Crippen molar-refractivity contribution in [1.82, 2.24) is 4.98 Å². The number of nitrogens with zero attached hydrogens (tertiary/aromatic N) is 2. The lowest BCUT2D eigenvalue weighted by molar-refractivity contribution is 1.01. The Morgan fingerprint density at radius 1 is 1.28 bits per heavy atom. The van der Waals surface area contributed by atoms with Gasteiger partial charge >= 0.3 is 0 Å². The summed E-state index contributed by atoms with van der Waals surface area (Å²) in [6.45, 7) is 3.01. The summed E-state index contributed by atoms with van der Waals surface area (Å²) in [6, 6.07) is 8.37. The largest absolute Gasteiger partial charge is 0.383 e. The van der Waals surface area contributed by atoms with Crippen LogP contribution in [0.4, 0.5) is 11.4 Å². The van der Waals surface area contributed by atoms with Gasteiger partial charge < -0.3 is 10.2 Å². The maximum absolute atomic E-state index is 4.27.